The van der Waals surface area contributed by atoms with Crippen LogP contribution in [0.5, 0.6) is 0 Å². The lowest BCUT2D eigenvalue weighted by Crippen LogP contribution is -2.56. The lowest BCUT2D eigenvalue weighted by atomic mass is 9.94. The molecular weight excluding hydrogens is 583 g/mol. The SMILES string of the molecule is Cc1cc(F)ccc1[C@H]1CN(C(=O)OC(C)(C)C)CCN1C(=O)N1CC=CCC1c1cc(C(F)(F)F)cc(C(F)(F)F)c1. The summed E-state index contributed by atoms with van der Waals surface area (Å²) in [4.78, 5) is 31.1. The number of amides is 3. The topological polar surface area (TPSA) is 53.1 Å². The maximum atomic E-state index is 14.1. The van der Waals surface area contributed by atoms with E-state index in [9.17, 15) is 40.3 Å². The van der Waals surface area contributed by atoms with Crippen LogP contribution >= 0.6 is 0 Å². The van der Waals surface area contributed by atoms with Crippen LogP contribution in [0.2, 0.25) is 0 Å². The molecule has 1 saturated heterocycles. The van der Waals surface area contributed by atoms with Gasteiger partial charge in [-0.1, -0.05) is 18.2 Å². The molecule has 0 saturated carbocycles. The van der Waals surface area contributed by atoms with Crippen LogP contribution in [0.1, 0.15) is 67.1 Å². The molecule has 13 heteroatoms. The van der Waals surface area contributed by atoms with Gasteiger partial charge in [-0.2, -0.15) is 26.3 Å². The lowest BCUT2D eigenvalue weighted by Gasteiger charge is -2.45. The summed E-state index contributed by atoms with van der Waals surface area (Å²) in [5, 5.41) is 0. The average molecular weight is 616 g/mol. The van der Waals surface area contributed by atoms with E-state index in [0.29, 0.717) is 23.3 Å². The molecule has 1 unspecified atom stereocenters. The predicted molar refractivity (Wildman–Crippen MR) is 143 cm³/mol. The standard InChI is InChI=1S/C30H32F7N3O3/c1-18-13-22(31)8-9-23(18)25-17-38(27(42)43-28(2,3)4)11-12-40(25)26(41)39-10-6-5-7-24(39)19-14-20(29(32,33)34)16-21(15-19)30(35,36)37/h5-6,8-9,13-16,24-25H,7,10-12,17H2,1-4H3/t24?,25-/m1/s1. The smallest absolute Gasteiger partial charge is 0.416 e. The molecule has 1 fully saturated rings. The van der Waals surface area contributed by atoms with E-state index in [2.05, 4.69) is 0 Å². The number of alkyl halides is 6. The third-order valence-corrected chi connectivity index (χ3v) is 7.31. The van der Waals surface area contributed by atoms with Gasteiger partial charge >= 0.3 is 24.5 Å². The highest BCUT2D eigenvalue weighted by Gasteiger charge is 2.42. The summed E-state index contributed by atoms with van der Waals surface area (Å²) in [6.07, 6.45) is -7.50. The molecule has 0 spiro atoms. The Kier molecular flexibility index (Phi) is 8.77. The summed E-state index contributed by atoms with van der Waals surface area (Å²) in [5.41, 5.74) is -3.00. The van der Waals surface area contributed by atoms with Gasteiger partial charge in [0.15, 0.2) is 0 Å². The Bertz CT molecular complexity index is 1370. The number of urea groups is 1. The van der Waals surface area contributed by atoms with Crippen LogP contribution in [-0.4, -0.2) is 58.6 Å². The van der Waals surface area contributed by atoms with Crippen LogP contribution in [0.3, 0.4) is 0 Å². The zero-order valence-electron chi connectivity index (χ0n) is 24.0. The van der Waals surface area contributed by atoms with Gasteiger partial charge in [-0.3, -0.25) is 0 Å². The van der Waals surface area contributed by atoms with Crippen molar-refractivity contribution >= 4 is 12.1 Å². The maximum Gasteiger partial charge on any atom is 0.416 e. The van der Waals surface area contributed by atoms with Gasteiger partial charge in [-0.15, -0.1) is 0 Å². The van der Waals surface area contributed by atoms with E-state index in [1.165, 1.54) is 32.9 Å². The van der Waals surface area contributed by atoms with Crippen LogP contribution in [0, 0.1) is 12.7 Å². The first-order valence-electron chi connectivity index (χ1n) is 13.6. The number of hydrogen-bond acceptors (Lipinski definition) is 3. The second-order valence-electron chi connectivity index (χ2n) is 11.6. The third kappa shape index (κ3) is 7.42. The highest BCUT2D eigenvalue weighted by Crippen LogP contribution is 2.40. The first-order valence-corrected chi connectivity index (χ1v) is 13.6. The fraction of sp³-hybridized carbons (Fsp3) is 0.467. The number of hydrogen-bond donors (Lipinski definition) is 0. The van der Waals surface area contributed by atoms with E-state index in [4.69, 9.17) is 4.74 Å². The van der Waals surface area contributed by atoms with Crippen LogP contribution in [0.4, 0.5) is 40.3 Å². The number of rotatable bonds is 2. The molecule has 0 bridgehead atoms. The number of carbonyl (C=O) groups excluding carboxylic acids is 2. The van der Waals surface area contributed by atoms with Crippen molar-refractivity contribution in [2.24, 2.45) is 0 Å². The molecule has 2 aromatic carbocycles. The molecule has 0 N–H and O–H groups in total. The van der Waals surface area contributed by atoms with Crippen LogP contribution in [0.25, 0.3) is 0 Å². The average Bonchev–Trinajstić information content (AvgIpc) is 2.90. The number of halogens is 7. The first-order chi connectivity index (χ1) is 19.8. The molecule has 2 atom stereocenters. The van der Waals surface area contributed by atoms with Gasteiger partial charge in [-0.25, -0.2) is 14.0 Å². The van der Waals surface area contributed by atoms with E-state index in [1.54, 1.807) is 39.8 Å². The Labute approximate surface area is 244 Å². The Morgan fingerprint density at radius 2 is 1.47 bits per heavy atom. The summed E-state index contributed by atoms with van der Waals surface area (Å²) in [6.45, 7) is 6.71. The number of benzene rings is 2. The number of carbonyl (C=O) groups is 2. The van der Waals surface area contributed by atoms with Crippen molar-refractivity contribution in [2.45, 2.75) is 64.2 Å². The largest absolute Gasteiger partial charge is 0.444 e. The minimum Gasteiger partial charge on any atom is -0.444 e. The summed E-state index contributed by atoms with van der Waals surface area (Å²) < 4.78 is 101. The lowest BCUT2D eigenvalue weighted by molar-refractivity contribution is -0.143. The number of aryl methyl sites for hydroxylation is 1. The van der Waals surface area contributed by atoms with E-state index < -0.39 is 59.1 Å². The highest BCUT2D eigenvalue weighted by atomic mass is 19.4. The summed E-state index contributed by atoms with van der Waals surface area (Å²) in [6, 6.07) is 2.75. The molecule has 2 aliphatic heterocycles. The first kappa shape index (κ1) is 32.2. The Morgan fingerprint density at radius 3 is 2.02 bits per heavy atom. The van der Waals surface area contributed by atoms with Gasteiger partial charge in [0.1, 0.15) is 11.4 Å². The van der Waals surface area contributed by atoms with E-state index in [0.717, 1.165) is 0 Å². The quantitative estimate of drug-likeness (QED) is 0.255. The number of nitrogens with zero attached hydrogens (tertiary/aromatic N) is 3. The van der Waals surface area contributed by atoms with Crippen molar-refractivity contribution in [1.82, 2.24) is 14.7 Å². The van der Waals surface area contributed by atoms with Crippen LogP contribution < -0.4 is 0 Å². The van der Waals surface area contributed by atoms with Crippen molar-refractivity contribution in [2.75, 3.05) is 26.2 Å². The van der Waals surface area contributed by atoms with Gasteiger partial charge in [0.25, 0.3) is 0 Å². The second-order valence-corrected chi connectivity index (χ2v) is 11.6. The van der Waals surface area contributed by atoms with E-state index >= 15 is 0 Å². The summed E-state index contributed by atoms with van der Waals surface area (Å²) >= 11 is 0. The van der Waals surface area contributed by atoms with Gasteiger partial charge in [0, 0.05) is 26.2 Å². The van der Waals surface area contributed by atoms with E-state index in [-0.39, 0.29) is 44.2 Å². The monoisotopic (exact) mass is 615 g/mol. The Hall–Kier alpha value is -3.77. The number of ether oxygens (including phenoxy) is 1. The highest BCUT2D eigenvalue weighted by molar-refractivity contribution is 5.77. The third-order valence-electron chi connectivity index (χ3n) is 7.31. The molecule has 2 aliphatic rings. The molecule has 4 rings (SSSR count). The molecule has 234 valence electrons. The molecule has 43 heavy (non-hydrogen) atoms. The molecule has 0 aromatic heterocycles. The number of piperazine rings is 1. The maximum absolute atomic E-state index is 14.1. The van der Waals surface area contributed by atoms with Gasteiger partial charge in [0.2, 0.25) is 0 Å². The molecule has 0 aliphatic carbocycles. The van der Waals surface area contributed by atoms with Gasteiger partial charge in [-0.05, 0) is 81.1 Å². The Morgan fingerprint density at radius 1 is 0.837 bits per heavy atom. The van der Waals surface area contributed by atoms with Gasteiger partial charge < -0.3 is 19.4 Å². The summed E-state index contributed by atoms with van der Waals surface area (Å²) in [7, 11) is 0. The molecular formula is C30H32F7N3O3. The van der Waals surface area contributed by atoms with Crippen molar-refractivity contribution in [1.29, 1.82) is 0 Å². The molecule has 2 aromatic rings. The molecule has 2 heterocycles. The van der Waals surface area contributed by atoms with Crippen LogP contribution in [0.15, 0.2) is 48.6 Å². The van der Waals surface area contributed by atoms with Crippen molar-refractivity contribution in [3.05, 3.63) is 82.2 Å². The predicted octanol–water partition coefficient (Wildman–Crippen LogP) is 7.89. The minimum absolute atomic E-state index is 0.0110. The minimum atomic E-state index is -5.04. The fourth-order valence-corrected chi connectivity index (χ4v) is 5.31. The zero-order valence-corrected chi connectivity index (χ0v) is 24.0. The molecule has 6 nitrogen and oxygen atoms in total. The van der Waals surface area contributed by atoms with Crippen molar-refractivity contribution < 1.29 is 45.1 Å². The van der Waals surface area contributed by atoms with E-state index in [1.807, 2.05) is 0 Å². The second kappa shape index (κ2) is 11.7. The Balaban J connectivity index is 1.72. The van der Waals surface area contributed by atoms with Crippen molar-refractivity contribution in [3.8, 4) is 0 Å². The fourth-order valence-electron chi connectivity index (χ4n) is 5.31. The van der Waals surface area contributed by atoms with Gasteiger partial charge in [0.05, 0.1) is 23.2 Å². The van der Waals surface area contributed by atoms with Crippen molar-refractivity contribution in [3.63, 3.8) is 0 Å². The summed E-state index contributed by atoms with van der Waals surface area (Å²) in [5.74, 6) is -0.509. The van der Waals surface area contributed by atoms with Crippen LogP contribution in [-0.2, 0) is 17.1 Å². The molecule has 0 radical (unpaired) electrons. The normalized spacial score (nSPS) is 19.9. The molecule has 3 amide bonds. The zero-order chi connectivity index (χ0) is 31.9.